The third-order valence-electron chi connectivity index (χ3n) is 2.97. The van der Waals surface area contributed by atoms with Gasteiger partial charge in [0, 0.05) is 16.2 Å². The molecular formula is C15H14F3NS. The van der Waals surface area contributed by atoms with Gasteiger partial charge in [0.25, 0.3) is 0 Å². The molecule has 0 saturated heterocycles. The Kier molecular flexibility index (Phi) is 4.73. The Bertz CT molecular complexity index is 586. The summed E-state index contributed by atoms with van der Waals surface area (Å²) in [5, 5.41) is -0.184. The van der Waals surface area contributed by atoms with Crippen molar-refractivity contribution >= 4 is 11.8 Å². The molecule has 0 amide bonds. The van der Waals surface area contributed by atoms with Crippen LogP contribution in [-0.4, -0.2) is 5.25 Å². The van der Waals surface area contributed by atoms with Crippen LogP contribution in [0, 0.1) is 17.5 Å². The van der Waals surface area contributed by atoms with Crippen molar-refractivity contribution in [1.82, 2.24) is 0 Å². The maximum absolute atomic E-state index is 13.6. The second-order valence-electron chi connectivity index (χ2n) is 4.48. The molecule has 2 N–H and O–H groups in total. The molecule has 5 heteroatoms. The van der Waals surface area contributed by atoms with E-state index in [9.17, 15) is 13.2 Å². The third kappa shape index (κ3) is 3.55. The van der Waals surface area contributed by atoms with E-state index in [0.717, 1.165) is 35.5 Å². The Morgan fingerprint density at radius 2 is 1.55 bits per heavy atom. The summed E-state index contributed by atoms with van der Waals surface area (Å²) >= 11 is 1.16. The summed E-state index contributed by atoms with van der Waals surface area (Å²) in [6.45, 7) is 1.82. The van der Waals surface area contributed by atoms with Gasteiger partial charge in [-0.25, -0.2) is 13.2 Å². The molecule has 2 atom stereocenters. The van der Waals surface area contributed by atoms with Crippen LogP contribution in [0.2, 0.25) is 0 Å². The van der Waals surface area contributed by atoms with E-state index >= 15 is 0 Å². The highest BCUT2D eigenvalue weighted by Crippen LogP contribution is 2.32. The average molecular weight is 297 g/mol. The summed E-state index contributed by atoms with van der Waals surface area (Å²) < 4.78 is 39.5. The van der Waals surface area contributed by atoms with E-state index in [-0.39, 0.29) is 16.0 Å². The van der Waals surface area contributed by atoms with Crippen LogP contribution in [0.4, 0.5) is 13.2 Å². The van der Waals surface area contributed by atoms with E-state index in [1.807, 2.05) is 6.92 Å². The van der Waals surface area contributed by atoms with Gasteiger partial charge in [0.05, 0.1) is 0 Å². The number of halogens is 3. The van der Waals surface area contributed by atoms with Crippen LogP contribution in [0.3, 0.4) is 0 Å². The highest BCUT2D eigenvalue weighted by molar-refractivity contribution is 8.00. The molecule has 2 aromatic rings. The van der Waals surface area contributed by atoms with Crippen molar-refractivity contribution in [2.45, 2.75) is 23.1 Å². The van der Waals surface area contributed by atoms with E-state index in [2.05, 4.69) is 0 Å². The first-order chi connectivity index (χ1) is 9.47. The number of hydrogen-bond acceptors (Lipinski definition) is 2. The van der Waals surface area contributed by atoms with E-state index in [0.29, 0.717) is 0 Å². The van der Waals surface area contributed by atoms with Gasteiger partial charge in [-0.15, -0.1) is 11.8 Å². The molecule has 106 valence electrons. The molecule has 0 radical (unpaired) electrons. The predicted octanol–water partition coefficient (Wildman–Crippen LogP) is 4.28. The van der Waals surface area contributed by atoms with Gasteiger partial charge in [-0.1, -0.05) is 19.1 Å². The maximum Gasteiger partial charge on any atom is 0.136 e. The topological polar surface area (TPSA) is 26.0 Å². The highest BCUT2D eigenvalue weighted by Gasteiger charge is 2.18. The molecule has 0 saturated carbocycles. The van der Waals surface area contributed by atoms with E-state index < -0.39 is 17.7 Å². The van der Waals surface area contributed by atoms with Crippen LogP contribution in [0.15, 0.2) is 47.4 Å². The monoisotopic (exact) mass is 297 g/mol. The number of hydrogen-bond donors (Lipinski definition) is 1. The molecule has 0 aromatic heterocycles. The standard InChI is InChI=1S/C15H14F3NS/c1-9(15(19)10-2-4-11(16)5-3-10)20-14-8-12(17)6-7-13(14)18/h2-9,15H,19H2,1H3. The van der Waals surface area contributed by atoms with E-state index in [4.69, 9.17) is 5.73 Å². The summed E-state index contributed by atoms with van der Waals surface area (Å²) in [6, 6.07) is 8.76. The molecule has 2 unspecified atom stereocenters. The fourth-order valence-electron chi connectivity index (χ4n) is 1.80. The first-order valence-corrected chi connectivity index (χ1v) is 6.98. The third-order valence-corrected chi connectivity index (χ3v) is 4.20. The minimum absolute atomic E-state index is 0.184. The van der Waals surface area contributed by atoms with Crippen LogP contribution in [0.1, 0.15) is 18.5 Å². The normalized spacial score (nSPS) is 14.1. The van der Waals surface area contributed by atoms with Gasteiger partial charge in [-0.05, 0) is 35.9 Å². The zero-order chi connectivity index (χ0) is 14.7. The lowest BCUT2D eigenvalue weighted by atomic mass is 10.1. The Balaban J connectivity index is 2.13. The van der Waals surface area contributed by atoms with Gasteiger partial charge in [0.1, 0.15) is 17.5 Å². The molecule has 0 spiro atoms. The molecule has 2 aromatic carbocycles. The number of benzene rings is 2. The van der Waals surface area contributed by atoms with Crippen LogP contribution in [-0.2, 0) is 0 Å². The van der Waals surface area contributed by atoms with Crippen LogP contribution in [0.5, 0.6) is 0 Å². The van der Waals surface area contributed by atoms with Gasteiger partial charge in [0.2, 0.25) is 0 Å². The van der Waals surface area contributed by atoms with Crippen molar-refractivity contribution in [2.24, 2.45) is 5.73 Å². The molecule has 0 heterocycles. The minimum Gasteiger partial charge on any atom is -0.323 e. The van der Waals surface area contributed by atoms with E-state index in [1.165, 1.54) is 12.1 Å². The van der Waals surface area contributed by atoms with Crippen molar-refractivity contribution in [3.63, 3.8) is 0 Å². The fourth-order valence-corrected chi connectivity index (χ4v) is 2.86. The van der Waals surface area contributed by atoms with Gasteiger partial charge in [0.15, 0.2) is 0 Å². The van der Waals surface area contributed by atoms with Gasteiger partial charge in [-0.3, -0.25) is 0 Å². The first-order valence-electron chi connectivity index (χ1n) is 6.10. The molecule has 20 heavy (non-hydrogen) atoms. The van der Waals surface area contributed by atoms with E-state index in [1.54, 1.807) is 12.1 Å². The Morgan fingerprint density at radius 1 is 0.950 bits per heavy atom. The SMILES string of the molecule is CC(Sc1cc(F)ccc1F)C(N)c1ccc(F)cc1. The molecular weight excluding hydrogens is 283 g/mol. The zero-order valence-corrected chi connectivity index (χ0v) is 11.6. The number of thioether (sulfide) groups is 1. The smallest absolute Gasteiger partial charge is 0.136 e. The zero-order valence-electron chi connectivity index (χ0n) is 10.8. The molecule has 0 fully saturated rings. The molecule has 0 aliphatic heterocycles. The van der Waals surface area contributed by atoms with Crippen LogP contribution >= 0.6 is 11.8 Å². The lowest BCUT2D eigenvalue weighted by Crippen LogP contribution is -2.21. The Hall–Kier alpha value is -1.46. The number of rotatable bonds is 4. The fraction of sp³-hybridized carbons (Fsp3) is 0.200. The summed E-state index contributed by atoms with van der Waals surface area (Å²) in [5.74, 6) is -1.30. The quantitative estimate of drug-likeness (QED) is 0.852. The molecule has 1 nitrogen and oxygen atoms in total. The second-order valence-corrected chi connectivity index (χ2v) is 5.89. The van der Waals surface area contributed by atoms with Crippen molar-refractivity contribution in [1.29, 1.82) is 0 Å². The van der Waals surface area contributed by atoms with Crippen molar-refractivity contribution in [2.75, 3.05) is 0 Å². The lowest BCUT2D eigenvalue weighted by Gasteiger charge is -2.20. The van der Waals surface area contributed by atoms with Crippen LogP contribution < -0.4 is 5.73 Å². The molecule has 2 rings (SSSR count). The summed E-state index contributed by atoms with van der Waals surface area (Å²) in [7, 11) is 0. The Morgan fingerprint density at radius 3 is 2.20 bits per heavy atom. The predicted molar refractivity (Wildman–Crippen MR) is 75.0 cm³/mol. The molecule has 0 aliphatic rings. The maximum atomic E-state index is 13.6. The molecule has 0 bridgehead atoms. The summed E-state index contributed by atoms with van der Waals surface area (Å²) in [4.78, 5) is 0.218. The number of nitrogens with two attached hydrogens (primary N) is 1. The molecule has 0 aliphatic carbocycles. The minimum atomic E-state index is -0.489. The Labute approximate surface area is 120 Å². The van der Waals surface area contributed by atoms with Gasteiger partial charge in [-0.2, -0.15) is 0 Å². The largest absolute Gasteiger partial charge is 0.323 e. The average Bonchev–Trinajstić information content (AvgIpc) is 2.43. The van der Waals surface area contributed by atoms with Gasteiger partial charge < -0.3 is 5.73 Å². The second kappa shape index (κ2) is 6.33. The summed E-state index contributed by atoms with van der Waals surface area (Å²) in [6.07, 6.45) is 0. The van der Waals surface area contributed by atoms with Crippen LogP contribution in [0.25, 0.3) is 0 Å². The lowest BCUT2D eigenvalue weighted by molar-refractivity contribution is 0.576. The van der Waals surface area contributed by atoms with Gasteiger partial charge >= 0.3 is 0 Å². The first kappa shape index (κ1) is 14.9. The van der Waals surface area contributed by atoms with Crippen molar-refractivity contribution < 1.29 is 13.2 Å². The van der Waals surface area contributed by atoms with Crippen molar-refractivity contribution in [3.05, 3.63) is 65.5 Å². The summed E-state index contributed by atoms with van der Waals surface area (Å²) in [5.41, 5.74) is 6.82. The highest BCUT2D eigenvalue weighted by atomic mass is 32.2. The van der Waals surface area contributed by atoms with Crippen molar-refractivity contribution in [3.8, 4) is 0 Å².